The maximum atomic E-state index is 11.1. The molecule has 0 rings (SSSR count). The number of nitrogens with one attached hydrogen (secondary N) is 1. The van der Waals surface area contributed by atoms with Crippen LogP contribution in [0.15, 0.2) is 12.7 Å². The molecule has 0 aromatic carbocycles. The number of carboxylic acids is 1. The number of rotatable bonds is 4. The van der Waals surface area contributed by atoms with E-state index in [9.17, 15) is 9.59 Å². The van der Waals surface area contributed by atoms with E-state index in [0.29, 0.717) is 0 Å². The maximum Gasteiger partial charge on any atom is 0.408 e. The standard InChI is InChI=1S/C10H17NO4/c1-5-6-15-9(14)11-7(8(12)13)10(2,3)4/h5,7H,1,6H2,2-4H3,(H,11,14)(H,12,13). The molecule has 0 fully saturated rings. The van der Waals surface area contributed by atoms with E-state index in [2.05, 4.69) is 16.6 Å². The fourth-order valence-corrected chi connectivity index (χ4v) is 0.943. The van der Waals surface area contributed by atoms with Gasteiger partial charge in [0.2, 0.25) is 0 Å². The molecule has 0 radical (unpaired) electrons. The summed E-state index contributed by atoms with van der Waals surface area (Å²) in [4.78, 5) is 22.0. The molecule has 0 saturated heterocycles. The van der Waals surface area contributed by atoms with Gasteiger partial charge in [-0.3, -0.25) is 0 Å². The smallest absolute Gasteiger partial charge is 0.408 e. The molecule has 0 aromatic rings. The summed E-state index contributed by atoms with van der Waals surface area (Å²) in [7, 11) is 0. The summed E-state index contributed by atoms with van der Waals surface area (Å²) in [6.07, 6.45) is 0.657. The molecule has 5 nitrogen and oxygen atoms in total. The fourth-order valence-electron chi connectivity index (χ4n) is 0.943. The molecule has 0 aliphatic rings. The highest BCUT2D eigenvalue weighted by atomic mass is 16.5. The zero-order chi connectivity index (χ0) is 12.1. The van der Waals surface area contributed by atoms with Crippen molar-refractivity contribution in [1.82, 2.24) is 5.32 Å². The fraction of sp³-hybridized carbons (Fsp3) is 0.600. The number of carboxylic acid groups (broad SMARTS) is 1. The van der Waals surface area contributed by atoms with Crippen LogP contribution in [0.1, 0.15) is 20.8 Å². The van der Waals surface area contributed by atoms with Gasteiger partial charge in [0.05, 0.1) is 0 Å². The lowest BCUT2D eigenvalue weighted by Crippen LogP contribution is -2.49. The maximum absolute atomic E-state index is 11.1. The number of hydrogen-bond acceptors (Lipinski definition) is 3. The van der Waals surface area contributed by atoms with Crippen LogP contribution in [0.25, 0.3) is 0 Å². The summed E-state index contributed by atoms with van der Waals surface area (Å²) < 4.78 is 4.64. The first-order valence-electron chi connectivity index (χ1n) is 4.56. The molecule has 0 saturated carbocycles. The molecule has 0 aromatic heterocycles. The van der Waals surface area contributed by atoms with Gasteiger partial charge in [-0.15, -0.1) is 0 Å². The Morgan fingerprint density at radius 2 is 2.07 bits per heavy atom. The number of amides is 1. The lowest BCUT2D eigenvalue weighted by molar-refractivity contribution is -0.142. The highest BCUT2D eigenvalue weighted by molar-refractivity contribution is 5.80. The summed E-state index contributed by atoms with van der Waals surface area (Å²) in [6, 6.07) is -0.977. The molecule has 2 N–H and O–H groups in total. The van der Waals surface area contributed by atoms with Crippen molar-refractivity contribution in [3.63, 3.8) is 0 Å². The molecule has 0 aliphatic heterocycles. The van der Waals surface area contributed by atoms with Crippen LogP contribution in [0.2, 0.25) is 0 Å². The minimum absolute atomic E-state index is 0.0579. The summed E-state index contributed by atoms with van der Waals surface area (Å²) in [5, 5.41) is 11.2. The van der Waals surface area contributed by atoms with Gasteiger partial charge in [-0.1, -0.05) is 33.4 Å². The van der Waals surface area contributed by atoms with Crippen molar-refractivity contribution in [3.8, 4) is 0 Å². The Morgan fingerprint density at radius 1 is 1.53 bits per heavy atom. The molecule has 0 spiro atoms. The second-order valence-electron chi connectivity index (χ2n) is 4.17. The SMILES string of the molecule is C=CCOC(=O)NC(C(=O)O)C(C)(C)C. The van der Waals surface area contributed by atoms with Crippen LogP contribution in [0.3, 0.4) is 0 Å². The second kappa shape index (κ2) is 5.38. The first-order chi connectivity index (χ1) is 6.79. The summed E-state index contributed by atoms with van der Waals surface area (Å²) >= 11 is 0. The number of alkyl carbamates (subject to hydrolysis) is 1. The Bertz CT molecular complexity index is 255. The van der Waals surface area contributed by atoms with Gasteiger partial charge in [0.25, 0.3) is 0 Å². The van der Waals surface area contributed by atoms with Gasteiger partial charge in [-0.2, -0.15) is 0 Å². The van der Waals surface area contributed by atoms with Crippen LogP contribution in [0, 0.1) is 5.41 Å². The lowest BCUT2D eigenvalue weighted by Gasteiger charge is -2.27. The normalized spacial score (nSPS) is 12.7. The summed E-state index contributed by atoms with van der Waals surface area (Å²) in [6.45, 7) is 8.60. The second-order valence-corrected chi connectivity index (χ2v) is 4.17. The monoisotopic (exact) mass is 215 g/mol. The van der Waals surface area contributed by atoms with Gasteiger partial charge >= 0.3 is 12.1 Å². The zero-order valence-electron chi connectivity index (χ0n) is 9.24. The first-order valence-corrected chi connectivity index (χ1v) is 4.56. The Kier molecular flexibility index (Phi) is 4.84. The van der Waals surface area contributed by atoms with E-state index in [1.807, 2.05) is 0 Å². The van der Waals surface area contributed by atoms with Crippen LogP contribution in [-0.2, 0) is 9.53 Å². The number of aliphatic carboxylic acids is 1. The van der Waals surface area contributed by atoms with Crippen LogP contribution in [-0.4, -0.2) is 29.8 Å². The van der Waals surface area contributed by atoms with Crippen LogP contribution >= 0.6 is 0 Å². The average molecular weight is 215 g/mol. The van der Waals surface area contributed by atoms with E-state index in [1.165, 1.54) is 6.08 Å². The van der Waals surface area contributed by atoms with Crippen LogP contribution in [0.5, 0.6) is 0 Å². The highest BCUT2D eigenvalue weighted by Crippen LogP contribution is 2.19. The van der Waals surface area contributed by atoms with E-state index in [4.69, 9.17) is 5.11 Å². The molecule has 0 aliphatic carbocycles. The van der Waals surface area contributed by atoms with E-state index in [0.717, 1.165) is 0 Å². The van der Waals surface area contributed by atoms with Gasteiger partial charge in [-0.05, 0) is 5.41 Å². The molecule has 15 heavy (non-hydrogen) atoms. The van der Waals surface area contributed by atoms with Crippen molar-refractivity contribution in [3.05, 3.63) is 12.7 Å². The molecule has 0 bridgehead atoms. The van der Waals surface area contributed by atoms with Gasteiger partial charge in [0.15, 0.2) is 0 Å². The predicted octanol–water partition coefficient (Wildman–Crippen LogP) is 1.40. The third kappa shape index (κ3) is 5.05. The molecule has 1 amide bonds. The quantitative estimate of drug-likeness (QED) is 0.695. The molecule has 86 valence electrons. The largest absolute Gasteiger partial charge is 0.480 e. The van der Waals surface area contributed by atoms with Gasteiger partial charge in [0.1, 0.15) is 12.6 Å². The first kappa shape index (κ1) is 13.5. The number of hydrogen-bond donors (Lipinski definition) is 2. The minimum Gasteiger partial charge on any atom is -0.480 e. The average Bonchev–Trinajstić information content (AvgIpc) is 2.08. The Hall–Kier alpha value is -1.52. The zero-order valence-corrected chi connectivity index (χ0v) is 9.24. The van der Waals surface area contributed by atoms with Gasteiger partial charge in [-0.25, -0.2) is 9.59 Å². The molecular formula is C10H17NO4. The number of carbonyl (C=O) groups excluding carboxylic acids is 1. The minimum atomic E-state index is -1.09. The summed E-state index contributed by atoms with van der Waals surface area (Å²) in [5.74, 6) is -1.09. The van der Waals surface area contributed by atoms with E-state index in [1.54, 1.807) is 20.8 Å². The van der Waals surface area contributed by atoms with Crippen molar-refractivity contribution in [2.75, 3.05) is 6.61 Å². The Balaban J connectivity index is 4.37. The van der Waals surface area contributed by atoms with Crippen molar-refractivity contribution < 1.29 is 19.4 Å². The van der Waals surface area contributed by atoms with E-state index >= 15 is 0 Å². The molecule has 0 heterocycles. The van der Waals surface area contributed by atoms with Crippen molar-refractivity contribution in [2.45, 2.75) is 26.8 Å². The molecule has 1 unspecified atom stereocenters. The van der Waals surface area contributed by atoms with Crippen molar-refractivity contribution >= 4 is 12.1 Å². The molecule has 5 heteroatoms. The Labute approximate surface area is 89.1 Å². The predicted molar refractivity (Wildman–Crippen MR) is 55.6 cm³/mol. The van der Waals surface area contributed by atoms with E-state index in [-0.39, 0.29) is 6.61 Å². The van der Waals surface area contributed by atoms with Gasteiger partial charge < -0.3 is 15.2 Å². The number of carbonyl (C=O) groups is 2. The van der Waals surface area contributed by atoms with E-state index < -0.39 is 23.5 Å². The van der Waals surface area contributed by atoms with Crippen molar-refractivity contribution in [1.29, 1.82) is 0 Å². The number of ether oxygens (including phenoxy) is 1. The van der Waals surface area contributed by atoms with Crippen LogP contribution in [0.4, 0.5) is 4.79 Å². The molecular weight excluding hydrogens is 198 g/mol. The summed E-state index contributed by atoms with van der Waals surface area (Å²) in [5.41, 5.74) is -0.570. The Morgan fingerprint density at radius 3 is 2.40 bits per heavy atom. The third-order valence-electron chi connectivity index (χ3n) is 1.71. The van der Waals surface area contributed by atoms with Crippen LogP contribution < -0.4 is 5.32 Å². The molecule has 1 atom stereocenters. The van der Waals surface area contributed by atoms with Crippen molar-refractivity contribution in [2.24, 2.45) is 5.41 Å². The highest BCUT2D eigenvalue weighted by Gasteiger charge is 2.32. The lowest BCUT2D eigenvalue weighted by atomic mass is 9.87. The van der Waals surface area contributed by atoms with Gasteiger partial charge in [0, 0.05) is 0 Å². The third-order valence-corrected chi connectivity index (χ3v) is 1.71. The topological polar surface area (TPSA) is 75.6 Å².